The minimum atomic E-state index is 0.145. The molecule has 2 aromatic carbocycles. The van der Waals surface area contributed by atoms with Crippen LogP contribution in [0.1, 0.15) is 12.0 Å². The fourth-order valence-corrected chi connectivity index (χ4v) is 3.21. The Labute approximate surface area is 107 Å². The van der Waals surface area contributed by atoms with Gasteiger partial charge in [0, 0.05) is 17.8 Å². The summed E-state index contributed by atoms with van der Waals surface area (Å²) in [6.45, 7) is 0.697. The number of alkyl halides is 1. The summed E-state index contributed by atoms with van der Waals surface area (Å²) in [5.74, 6) is 1.26. The second-order valence-electron chi connectivity index (χ2n) is 4.98. The van der Waals surface area contributed by atoms with E-state index in [1.54, 1.807) is 0 Å². The van der Waals surface area contributed by atoms with E-state index in [0.29, 0.717) is 18.3 Å². The van der Waals surface area contributed by atoms with Crippen LogP contribution >= 0.6 is 11.6 Å². The Bertz CT molecular complexity index is 551. The van der Waals surface area contributed by atoms with Crippen molar-refractivity contribution in [3.8, 4) is 0 Å². The van der Waals surface area contributed by atoms with Gasteiger partial charge in [-0.05, 0) is 28.7 Å². The molecule has 1 aliphatic carbocycles. The highest BCUT2D eigenvalue weighted by atomic mass is 35.5. The van der Waals surface area contributed by atoms with Gasteiger partial charge >= 0.3 is 0 Å². The smallest absolute Gasteiger partial charge is 0.0261 e. The molecule has 1 saturated carbocycles. The Morgan fingerprint density at radius 3 is 2.59 bits per heavy atom. The van der Waals surface area contributed by atoms with Gasteiger partial charge < -0.3 is 5.73 Å². The molecule has 0 bridgehead atoms. The van der Waals surface area contributed by atoms with Gasteiger partial charge in [-0.3, -0.25) is 0 Å². The first-order chi connectivity index (χ1) is 8.30. The number of hydrogen-bond donors (Lipinski definition) is 1. The number of benzene rings is 2. The Morgan fingerprint density at radius 2 is 1.94 bits per heavy atom. The molecule has 0 saturated heterocycles. The SMILES string of the molecule is NCC1(c2ccc3ccccc3c2)CC1CCl. The minimum absolute atomic E-state index is 0.145. The molecule has 1 fully saturated rings. The van der Waals surface area contributed by atoms with E-state index in [4.69, 9.17) is 17.3 Å². The Kier molecular flexibility index (Phi) is 2.61. The van der Waals surface area contributed by atoms with E-state index in [1.807, 2.05) is 0 Å². The van der Waals surface area contributed by atoms with Crippen LogP contribution in [0.5, 0.6) is 0 Å². The summed E-state index contributed by atoms with van der Waals surface area (Å²) in [5.41, 5.74) is 7.45. The first kappa shape index (κ1) is 11.1. The topological polar surface area (TPSA) is 26.0 Å². The molecule has 2 aromatic rings. The molecular weight excluding hydrogens is 230 g/mol. The van der Waals surface area contributed by atoms with E-state index in [0.717, 1.165) is 6.42 Å². The summed E-state index contributed by atoms with van der Waals surface area (Å²) in [4.78, 5) is 0. The lowest BCUT2D eigenvalue weighted by molar-refractivity contribution is 0.645. The van der Waals surface area contributed by atoms with Gasteiger partial charge in [0.15, 0.2) is 0 Å². The fraction of sp³-hybridized carbons (Fsp3) is 0.333. The van der Waals surface area contributed by atoms with Crippen molar-refractivity contribution in [1.29, 1.82) is 0 Å². The number of nitrogens with two attached hydrogens (primary N) is 1. The second-order valence-corrected chi connectivity index (χ2v) is 5.29. The molecule has 1 aliphatic rings. The van der Waals surface area contributed by atoms with Crippen LogP contribution in [0.15, 0.2) is 42.5 Å². The molecule has 17 heavy (non-hydrogen) atoms. The van der Waals surface area contributed by atoms with E-state index in [1.165, 1.54) is 16.3 Å². The van der Waals surface area contributed by atoms with E-state index in [2.05, 4.69) is 42.5 Å². The molecule has 2 N–H and O–H groups in total. The second kappa shape index (κ2) is 4.01. The lowest BCUT2D eigenvalue weighted by Crippen LogP contribution is -2.22. The van der Waals surface area contributed by atoms with Crippen molar-refractivity contribution in [1.82, 2.24) is 0 Å². The van der Waals surface area contributed by atoms with Crippen LogP contribution < -0.4 is 5.73 Å². The highest BCUT2D eigenvalue weighted by Gasteiger charge is 2.53. The molecule has 0 aromatic heterocycles. The van der Waals surface area contributed by atoms with Crippen molar-refractivity contribution in [2.24, 2.45) is 11.7 Å². The van der Waals surface area contributed by atoms with Gasteiger partial charge in [-0.25, -0.2) is 0 Å². The van der Waals surface area contributed by atoms with Crippen LogP contribution in [0.4, 0.5) is 0 Å². The molecule has 3 rings (SSSR count). The van der Waals surface area contributed by atoms with Crippen molar-refractivity contribution >= 4 is 22.4 Å². The van der Waals surface area contributed by atoms with E-state index < -0.39 is 0 Å². The zero-order valence-corrected chi connectivity index (χ0v) is 10.5. The fourth-order valence-electron chi connectivity index (χ4n) is 2.80. The number of rotatable bonds is 3. The predicted octanol–water partition coefficient (Wildman–Crippen LogP) is 3.30. The van der Waals surface area contributed by atoms with Crippen LogP contribution in [0.25, 0.3) is 10.8 Å². The highest BCUT2D eigenvalue weighted by Crippen LogP contribution is 2.54. The molecule has 1 nitrogen and oxygen atoms in total. The van der Waals surface area contributed by atoms with Gasteiger partial charge in [-0.15, -0.1) is 11.6 Å². The molecule has 2 atom stereocenters. The van der Waals surface area contributed by atoms with Gasteiger partial charge in [-0.2, -0.15) is 0 Å². The van der Waals surface area contributed by atoms with E-state index in [-0.39, 0.29) is 5.41 Å². The molecule has 0 amide bonds. The summed E-state index contributed by atoms with van der Waals surface area (Å²) in [7, 11) is 0. The molecule has 2 heteroatoms. The van der Waals surface area contributed by atoms with Crippen LogP contribution in [-0.2, 0) is 5.41 Å². The van der Waals surface area contributed by atoms with Gasteiger partial charge in [0.05, 0.1) is 0 Å². The van der Waals surface area contributed by atoms with Crippen LogP contribution in [0.3, 0.4) is 0 Å². The largest absolute Gasteiger partial charge is 0.330 e. The van der Waals surface area contributed by atoms with Gasteiger partial charge in [0.2, 0.25) is 0 Å². The first-order valence-electron chi connectivity index (χ1n) is 6.05. The van der Waals surface area contributed by atoms with Crippen molar-refractivity contribution in [3.63, 3.8) is 0 Å². The first-order valence-corrected chi connectivity index (χ1v) is 6.59. The molecular formula is C15H16ClN. The maximum absolute atomic E-state index is 5.97. The molecule has 0 aliphatic heterocycles. The maximum atomic E-state index is 5.97. The predicted molar refractivity (Wildman–Crippen MR) is 73.5 cm³/mol. The van der Waals surface area contributed by atoms with Crippen molar-refractivity contribution in [3.05, 3.63) is 48.0 Å². The van der Waals surface area contributed by atoms with Crippen LogP contribution in [0, 0.1) is 5.92 Å². The number of fused-ring (bicyclic) bond motifs is 1. The third-order valence-corrected chi connectivity index (χ3v) is 4.48. The molecule has 0 heterocycles. The number of halogens is 1. The third-order valence-electron chi connectivity index (χ3n) is 4.11. The molecule has 88 valence electrons. The van der Waals surface area contributed by atoms with Gasteiger partial charge in [0.25, 0.3) is 0 Å². The van der Waals surface area contributed by atoms with Crippen LogP contribution in [-0.4, -0.2) is 12.4 Å². The third kappa shape index (κ3) is 1.65. The molecule has 0 spiro atoms. The summed E-state index contributed by atoms with van der Waals surface area (Å²) >= 11 is 5.97. The summed E-state index contributed by atoms with van der Waals surface area (Å²) in [5, 5.41) is 2.57. The Hall–Kier alpha value is -1.05. The summed E-state index contributed by atoms with van der Waals surface area (Å²) in [6, 6.07) is 15.1. The van der Waals surface area contributed by atoms with Crippen LogP contribution in [0.2, 0.25) is 0 Å². The average molecular weight is 246 g/mol. The molecule has 2 unspecified atom stereocenters. The van der Waals surface area contributed by atoms with Crippen molar-refractivity contribution in [2.75, 3.05) is 12.4 Å². The zero-order valence-electron chi connectivity index (χ0n) is 9.70. The normalized spacial score (nSPS) is 27.3. The average Bonchev–Trinajstić information content (AvgIpc) is 3.13. The lowest BCUT2D eigenvalue weighted by atomic mass is 9.91. The Balaban J connectivity index is 2.07. The zero-order chi connectivity index (χ0) is 11.9. The minimum Gasteiger partial charge on any atom is -0.330 e. The van der Waals surface area contributed by atoms with Crippen molar-refractivity contribution < 1.29 is 0 Å². The Morgan fingerprint density at radius 1 is 1.18 bits per heavy atom. The van der Waals surface area contributed by atoms with E-state index in [9.17, 15) is 0 Å². The van der Waals surface area contributed by atoms with Gasteiger partial charge in [-0.1, -0.05) is 42.5 Å². The number of hydrogen-bond acceptors (Lipinski definition) is 1. The summed E-state index contributed by atoms with van der Waals surface area (Å²) < 4.78 is 0. The quantitative estimate of drug-likeness (QED) is 0.825. The van der Waals surface area contributed by atoms with E-state index >= 15 is 0 Å². The molecule has 0 radical (unpaired) electrons. The maximum Gasteiger partial charge on any atom is 0.0261 e. The monoisotopic (exact) mass is 245 g/mol. The van der Waals surface area contributed by atoms with Crippen molar-refractivity contribution in [2.45, 2.75) is 11.8 Å². The lowest BCUT2D eigenvalue weighted by Gasteiger charge is -2.15. The van der Waals surface area contributed by atoms with Gasteiger partial charge in [0.1, 0.15) is 0 Å². The standard InChI is InChI=1S/C15H16ClN/c16-9-14-8-15(14,10-17)13-6-5-11-3-1-2-4-12(11)7-13/h1-7,14H,8-10,17H2. The summed E-state index contributed by atoms with van der Waals surface area (Å²) in [6.07, 6.45) is 1.13. The highest BCUT2D eigenvalue weighted by molar-refractivity contribution is 6.18.